The average Bonchev–Trinajstić information content (AvgIpc) is 2.92. The van der Waals surface area contributed by atoms with Gasteiger partial charge in [0.05, 0.1) is 18.8 Å². The molecule has 142 valence electrons. The molecule has 0 amide bonds. The summed E-state index contributed by atoms with van der Waals surface area (Å²) in [5.74, 6) is -1.19. The smallest absolute Gasteiger partial charge is 0.341 e. The van der Waals surface area contributed by atoms with Crippen molar-refractivity contribution in [1.29, 1.82) is 0 Å². The van der Waals surface area contributed by atoms with Crippen molar-refractivity contribution in [3.8, 4) is 0 Å². The standard InChI is InChI=1S/C18H23NO7/c1-10-18(22)8-17(9-24-10)16(2,26-17)14(20)23-7-11-3-5-19-6-4-12(13(11)19)25-15(18)21/h3,10,12-13,22H,4-9H2,1-2H3. The summed E-state index contributed by atoms with van der Waals surface area (Å²) in [6.07, 6.45) is 1.55. The zero-order chi connectivity index (χ0) is 18.3. The summed E-state index contributed by atoms with van der Waals surface area (Å²) in [6.45, 7) is 5.08. The predicted octanol–water partition coefficient (Wildman–Crippen LogP) is -0.463. The Morgan fingerprint density at radius 3 is 2.92 bits per heavy atom. The van der Waals surface area contributed by atoms with Crippen molar-refractivity contribution in [1.82, 2.24) is 4.90 Å². The van der Waals surface area contributed by atoms with Crippen LogP contribution in [0.4, 0.5) is 0 Å². The summed E-state index contributed by atoms with van der Waals surface area (Å²) in [4.78, 5) is 27.8. The van der Waals surface area contributed by atoms with Crippen LogP contribution in [0, 0.1) is 0 Å². The topological polar surface area (TPSA) is 97.8 Å². The van der Waals surface area contributed by atoms with E-state index in [1.807, 2.05) is 6.08 Å². The maximum atomic E-state index is 12.9. The van der Waals surface area contributed by atoms with Crippen molar-refractivity contribution in [2.45, 2.75) is 61.7 Å². The summed E-state index contributed by atoms with van der Waals surface area (Å²) in [5, 5.41) is 11.1. The van der Waals surface area contributed by atoms with Crippen molar-refractivity contribution in [3.05, 3.63) is 11.6 Å². The number of hydrogen-bond donors (Lipinski definition) is 1. The first-order chi connectivity index (χ1) is 12.3. The average molecular weight is 365 g/mol. The molecular weight excluding hydrogens is 342 g/mol. The second kappa shape index (κ2) is 5.07. The number of epoxide rings is 1. The van der Waals surface area contributed by atoms with Crippen LogP contribution < -0.4 is 0 Å². The van der Waals surface area contributed by atoms with E-state index >= 15 is 0 Å². The fraction of sp³-hybridized carbons (Fsp3) is 0.778. The summed E-state index contributed by atoms with van der Waals surface area (Å²) in [6, 6.07) is -0.104. The molecule has 8 nitrogen and oxygen atoms in total. The number of aliphatic hydroxyl groups is 1. The Hall–Kier alpha value is -1.48. The Bertz CT molecular complexity index is 722. The van der Waals surface area contributed by atoms with E-state index in [2.05, 4.69) is 4.90 Å². The summed E-state index contributed by atoms with van der Waals surface area (Å²) in [7, 11) is 0. The Labute approximate surface area is 151 Å². The van der Waals surface area contributed by atoms with Crippen molar-refractivity contribution in [2.75, 3.05) is 26.3 Å². The van der Waals surface area contributed by atoms with E-state index < -0.39 is 34.8 Å². The summed E-state index contributed by atoms with van der Waals surface area (Å²) >= 11 is 0. The predicted molar refractivity (Wildman–Crippen MR) is 86.1 cm³/mol. The number of fused-ring (bicyclic) bond motifs is 1. The number of rotatable bonds is 0. The first kappa shape index (κ1) is 16.7. The monoisotopic (exact) mass is 365 g/mol. The van der Waals surface area contributed by atoms with Crippen LogP contribution in [0.2, 0.25) is 0 Å². The Morgan fingerprint density at radius 1 is 1.31 bits per heavy atom. The molecule has 5 rings (SSSR count). The molecule has 0 radical (unpaired) electrons. The normalized spacial score (nSPS) is 50.6. The van der Waals surface area contributed by atoms with Crippen LogP contribution in [0.25, 0.3) is 0 Å². The van der Waals surface area contributed by atoms with Gasteiger partial charge in [0.25, 0.3) is 0 Å². The minimum Gasteiger partial charge on any atom is -0.459 e. The van der Waals surface area contributed by atoms with Gasteiger partial charge < -0.3 is 24.1 Å². The molecule has 2 bridgehead atoms. The van der Waals surface area contributed by atoms with Gasteiger partial charge in [0.2, 0.25) is 0 Å². The molecule has 0 aromatic carbocycles. The lowest BCUT2D eigenvalue weighted by Gasteiger charge is -2.40. The number of carbonyl (C=O) groups is 2. The lowest BCUT2D eigenvalue weighted by Crippen LogP contribution is -2.60. The maximum Gasteiger partial charge on any atom is 0.341 e. The highest BCUT2D eigenvalue weighted by Crippen LogP contribution is 2.56. The highest BCUT2D eigenvalue weighted by molar-refractivity contribution is 5.86. The fourth-order valence-corrected chi connectivity index (χ4v) is 4.88. The second-order valence-corrected chi connectivity index (χ2v) is 8.21. The van der Waals surface area contributed by atoms with Crippen molar-refractivity contribution < 1.29 is 33.6 Å². The van der Waals surface area contributed by atoms with Gasteiger partial charge in [-0.25, -0.2) is 9.59 Å². The first-order valence-electron chi connectivity index (χ1n) is 9.15. The SMILES string of the molecule is CC1OCC23CC1(O)C(=O)OC1CCN4CC=C(COC(=O)C2(C)O3)C14. The van der Waals surface area contributed by atoms with Gasteiger partial charge in [-0.3, -0.25) is 4.90 Å². The Balaban J connectivity index is 1.53. The van der Waals surface area contributed by atoms with Gasteiger partial charge in [0, 0.05) is 19.5 Å². The molecule has 5 heterocycles. The third-order valence-electron chi connectivity index (χ3n) is 6.81. The van der Waals surface area contributed by atoms with Gasteiger partial charge in [0.1, 0.15) is 18.3 Å². The van der Waals surface area contributed by atoms with E-state index in [-0.39, 0.29) is 31.8 Å². The number of carbonyl (C=O) groups excluding carboxylic acids is 2. The summed E-state index contributed by atoms with van der Waals surface area (Å²) < 4.78 is 22.7. The fourth-order valence-electron chi connectivity index (χ4n) is 4.88. The molecule has 8 heteroatoms. The molecule has 5 aliphatic heterocycles. The lowest BCUT2D eigenvalue weighted by molar-refractivity contribution is -0.206. The van der Waals surface area contributed by atoms with Crippen LogP contribution in [0.5, 0.6) is 0 Å². The van der Waals surface area contributed by atoms with Gasteiger partial charge in [-0.1, -0.05) is 6.08 Å². The number of cyclic esters (lactones) is 1. The molecule has 0 aromatic heterocycles. The molecule has 1 spiro atoms. The number of hydrogen-bond acceptors (Lipinski definition) is 8. The van der Waals surface area contributed by atoms with E-state index in [1.54, 1.807) is 13.8 Å². The minimum absolute atomic E-state index is 0.0462. The second-order valence-electron chi connectivity index (χ2n) is 8.21. The van der Waals surface area contributed by atoms with Crippen LogP contribution in [-0.4, -0.2) is 83.3 Å². The summed E-state index contributed by atoms with van der Waals surface area (Å²) in [5.41, 5.74) is -3.21. The molecule has 0 aromatic rings. The zero-order valence-electron chi connectivity index (χ0n) is 14.9. The molecule has 5 aliphatic rings. The third kappa shape index (κ3) is 1.98. The van der Waals surface area contributed by atoms with E-state index in [0.29, 0.717) is 6.42 Å². The highest BCUT2D eigenvalue weighted by Gasteiger charge is 2.77. The first-order valence-corrected chi connectivity index (χ1v) is 9.15. The zero-order valence-corrected chi connectivity index (χ0v) is 14.9. The van der Waals surface area contributed by atoms with Crippen LogP contribution in [0.1, 0.15) is 26.7 Å². The molecule has 26 heavy (non-hydrogen) atoms. The quantitative estimate of drug-likeness (QED) is 0.350. The number of ether oxygens (including phenoxy) is 4. The minimum atomic E-state index is -1.86. The number of nitrogens with zero attached hydrogens (tertiary/aromatic N) is 1. The molecule has 4 saturated heterocycles. The number of esters is 2. The van der Waals surface area contributed by atoms with Gasteiger partial charge >= 0.3 is 11.9 Å². The van der Waals surface area contributed by atoms with Crippen LogP contribution in [0.3, 0.4) is 0 Å². The van der Waals surface area contributed by atoms with Gasteiger partial charge in [-0.2, -0.15) is 0 Å². The molecule has 6 atom stereocenters. The lowest BCUT2D eigenvalue weighted by atomic mass is 9.78. The molecule has 0 saturated carbocycles. The van der Waals surface area contributed by atoms with Crippen molar-refractivity contribution in [2.24, 2.45) is 0 Å². The van der Waals surface area contributed by atoms with Gasteiger partial charge in [-0.05, 0) is 25.8 Å². The van der Waals surface area contributed by atoms with Crippen molar-refractivity contribution >= 4 is 11.9 Å². The van der Waals surface area contributed by atoms with Gasteiger partial charge in [0.15, 0.2) is 11.2 Å². The highest BCUT2D eigenvalue weighted by atomic mass is 16.7. The molecular formula is C18H23NO7. The Kier molecular flexibility index (Phi) is 3.25. The maximum absolute atomic E-state index is 12.9. The van der Waals surface area contributed by atoms with Crippen LogP contribution >= 0.6 is 0 Å². The molecule has 1 N–H and O–H groups in total. The Morgan fingerprint density at radius 2 is 2.12 bits per heavy atom. The van der Waals surface area contributed by atoms with E-state index in [4.69, 9.17) is 18.9 Å². The molecule has 4 fully saturated rings. The van der Waals surface area contributed by atoms with Crippen LogP contribution in [-0.2, 0) is 28.5 Å². The molecule has 6 unspecified atom stereocenters. The molecule has 0 aliphatic carbocycles. The van der Waals surface area contributed by atoms with E-state index in [0.717, 1.165) is 18.7 Å². The van der Waals surface area contributed by atoms with Crippen LogP contribution in [0.15, 0.2) is 11.6 Å². The van der Waals surface area contributed by atoms with E-state index in [1.165, 1.54) is 0 Å². The van der Waals surface area contributed by atoms with Gasteiger partial charge in [-0.15, -0.1) is 0 Å². The largest absolute Gasteiger partial charge is 0.459 e. The van der Waals surface area contributed by atoms with Crippen molar-refractivity contribution in [3.63, 3.8) is 0 Å². The van der Waals surface area contributed by atoms with E-state index in [9.17, 15) is 14.7 Å². The third-order valence-corrected chi connectivity index (χ3v) is 6.81.